The Hall–Kier alpha value is -6.24. The number of anilines is 3. The number of benzene rings is 3. The van der Waals surface area contributed by atoms with E-state index in [9.17, 15) is 22.4 Å². The molecule has 4 fully saturated rings. The number of nitrogens with zero attached hydrogens (tertiary/aromatic N) is 6. The molecule has 3 aliphatic heterocycles. The summed E-state index contributed by atoms with van der Waals surface area (Å²) in [5, 5.41) is 11.2. The minimum absolute atomic E-state index is 0.0354. The lowest BCUT2D eigenvalue weighted by molar-refractivity contribution is -0.140. The fourth-order valence-corrected chi connectivity index (χ4v) is 11.4. The number of fused-ring (bicyclic) bond motifs is 1. The number of piperidine rings is 2. The van der Waals surface area contributed by atoms with Crippen molar-refractivity contribution in [3.8, 4) is 28.7 Å². The highest BCUT2D eigenvalue weighted by Gasteiger charge is 2.45. The molecule has 71 heavy (non-hydrogen) atoms. The van der Waals surface area contributed by atoms with E-state index in [0.29, 0.717) is 47.4 Å². The van der Waals surface area contributed by atoms with Crippen molar-refractivity contribution in [1.82, 2.24) is 24.1 Å². The van der Waals surface area contributed by atoms with E-state index in [4.69, 9.17) is 9.26 Å². The first-order valence-electron chi connectivity index (χ1n) is 25.2. The third-order valence-electron chi connectivity index (χ3n) is 15.3. The van der Waals surface area contributed by atoms with Crippen LogP contribution in [0.25, 0.3) is 22.0 Å². The zero-order valence-electron chi connectivity index (χ0n) is 40.9. The van der Waals surface area contributed by atoms with Gasteiger partial charge in [-0.25, -0.2) is 4.39 Å². The number of pyridine rings is 1. The van der Waals surface area contributed by atoms with Crippen LogP contribution in [0.15, 0.2) is 100 Å². The van der Waals surface area contributed by atoms with E-state index in [2.05, 4.69) is 61.7 Å². The Morgan fingerprint density at radius 1 is 0.915 bits per heavy atom. The molecule has 3 saturated heterocycles. The van der Waals surface area contributed by atoms with E-state index in [1.165, 1.54) is 23.1 Å². The fourth-order valence-electron chi connectivity index (χ4n) is 11.4. The largest absolute Gasteiger partial charge is 0.490 e. The first-order valence-corrected chi connectivity index (χ1v) is 25.2. The molecule has 1 spiro atoms. The van der Waals surface area contributed by atoms with Crippen LogP contribution in [0, 0.1) is 37.0 Å². The van der Waals surface area contributed by atoms with Crippen molar-refractivity contribution in [2.45, 2.75) is 96.4 Å². The molecular weight excluding hydrogens is 909 g/mol. The summed E-state index contributed by atoms with van der Waals surface area (Å²) < 4.78 is 71.0. The summed E-state index contributed by atoms with van der Waals surface area (Å²) in [6.07, 6.45) is 3.98. The Balaban J connectivity index is 0.654. The van der Waals surface area contributed by atoms with Crippen molar-refractivity contribution in [2.75, 3.05) is 74.9 Å². The number of hydrogen-bond acceptors (Lipinski definition) is 9. The second-order valence-corrected chi connectivity index (χ2v) is 20.6. The van der Waals surface area contributed by atoms with E-state index >= 15 is 0 Å². The van der Waals surface area contributed by atoms with Crippen molar-refractivity contribution >= 4 is 28.0 Å². The van der Waals surface area contributed by atoms with Crippen LogP contribution in [-0.2, 0) is 13.1 Å². The maximum Gasteiger partial charge on any atom is 0.406 e. The van der Waals surface area contributed by atoms with Crippen molar-refractivity contribution < 1.29 is 26.8 Å². The van der Waals surface area contributed by atoms with Gasteiger partial charge in [-0.1, -0.05) is 29.3 Å². The van der Waals surface area contributed by atoms with Crippen LogP contribution < -0.4 is 25.8 Å². The second-order valence-electron chi connectivity index (χ2n) is 20.6. The molecule has 6 heterocycles. The molecule has 11 nitrogen and oxygen atoms in total. The Labute approximate surface area is 413 Å². The predicted molar refractivity (Wildman–Crippen MR) is 272 cm³/mol. The van der Waals surface area contributed by atoms with E-state index < -0.39 is 24.9 Å². The van der Waals surface area contributed by atoms with Gasteiger partial charge in [0.15, 0.2) is 0 Å². The number of nitrogens with one attached hydrogen (secondary N) is 2. The second kappa shape index (κ2) is 20.5. The predicted octanol–water partition coefficient (Wildman–Crippen LogP) is 10.1. The monoisotopic (exact) mass is 973 g/mol. The smallest absolute Gasteiger partial charge is 0.406 e. The minimum atomic E-state index is -4.44. The highest BCUT2D eigenvalue weighted by molar-refractivity contribution is 5.94. The zero-order chi connectivity index (χ0) is 49.3. The number of aromatic nitrogens is 3. The molecule has 1 saturated carbocycles. The summed E-state index contributed by atoms with van der Waals surface area (Å²) in [6, 6.07) is 26.3. The van der Waals surface area contributed by atoms with Crippen LogP contribution in [-0.4, -0.2) is 108 Å². The van der Waals surface area contributed by atoms with Gasteiger partial charge < -0.3 is 43.7 Å². The van der Waals surface area contributed by atoms with Crippen molar-refractivity contribution in [3.63, 3.8) is 0 Å². The quantitative estimate of drug-likeness (QED) is 0.0867. The third-order valence-corrected chi connectivity index (χ3v) is 15.3. The average molecular weight is 973 g/mol. The lowest BCUT2D eigenvalue weighted by Gasteiger charge is -2.55. The SMILES string of the molecule is Cc1noc(C)c1-c1ccc(=O)n(Cc2cccc(N3CC4(CCN(CC5CCC(Oc6ccc(NCC#Cc7cc8c(N[C@@H]9CCN(C)C[C@@H]9F)cccc8n7CC(F)(F)F)cc6)CC5)CC4)C3)c2)c1. The van der Waals surface area contributed by atoms with Gasteiger partial charge in [0.25, 0.3) is 5.56 Å². The Morgan fingerprint density at radius 2 is 1.69 bits per heavy atom. The molecule has 15 heteroatoms. The van der Waals surface area contributed by atoms with Gasteiger partial charge in [0.05, 0.1) is 42.1 Å². The normalized spacial score (nSPS) is 21.7. The minimum Gasteiger partial charge on any atom is -0.490 e. The number of likely N-dealkylation sites (tertiary alicyclic amines) is 2. The molecule has 2 atom stereocenters. The number of ether oxygens (including phenoxy) is 1. The fraction of sp³-hybridized carbons (Fsp3) is 0.464. The van der Waals surface area contributed by atoms with Gasteiger partial charge in [-0.05, 0) is 157 Å². The third kappa shape index (κ3) is 11.3. The first kappa shape index (κ1) is 48.4. The topological polar surface area (TPSA) is 96.0 Å². The maximum absolute atomic E-state index is 14.9. The van der Waals surface area contributed by atoms with Crippen LogP contribution in [0.1, 0.15) is 67.7 Å². The lowest BCUT2D eigenvalue weighted by Crippen LogP contribution is -2.60. The van der Waals surface area contributed by atoms with Gasteiger partial charge in [0.1, 0.15) is 24.2 Å². The van der Waals surface area contributed by atoms with Crippen LogP contribution in [0.3, 0.4) is 0 Å². The highest BCUT2D eigenvalue weighted by atomic mass is 19.4. The Kier molecular flexibility index (Phi) is 14.0. The molecule has 2 N–H and O–H groups in total. The molecule has 4 aliphatic rings. The number of rotatable bonds is 13. The van der Waals surface area contributed by atoms with Crippen LogP contribution >= 0.6 is 0 Å². The number of aryl methyl sites for hydroxylation is 2. The van der Waals surface area contributed by atoms with E-state index in [-0.39, 0.29) is 23.9 Å². The molecule has 0 radical (unpaired) electrons. The number of halogens is 4. The van der Waals surface area contributed by atoms with Crippen LogP contribution in [0.5, 0.6) is 5.75 Å². The average Bonchev–Trinajstić information content (AvgIpc) is 3.86. The molecule has 3 aromatic carbocycles. The molecule has 3 aromatic heterocycles. The first-order chi connectivity index (χ1) is 34.2. The molecule has 374 valence electrons. The zero-order valence-corrected chi connectivity index (χ0v) is 40.9. The van der Waals surface area contributed by atoms with Crippen molar-refractivity contribution in [1.29, 1.82) is 0 Å². The van der Waals surface area contributed by atoms with E-state index in [0.717, 1.165) is 105 Å². The Bertz CT molecular complexity index is 2910. The highest BCUT2D eigenvalue weighted by Crippen LogP contribution is 2.43. The van der Waals surface area contributed by atoms with Gasteiger partial charge in [0, 0.05) is 84.0 Å². The van der Waals surface area contributed by atoms with E-state index in [1.807, 2.05) is 62.3 Å². The van der Waals surface area contributed by atoms with Gasteiger partial charge >= 0.3 is 6.18 Å². The molecular formula is C56H64F4N8O3. The molecule has 0 amide bonds. The van der Waals surface area contributed by atoms with Crippen LogP contribution in [0.2, 0.25) is 0 Å². The summed E-state index contributed by atoms with van der Waals surface area (Å²) >= 11 is 0. The summed E-state index contributed by atoms with van der Waals surface area (Å²) in [5.41, 5.74) is 7.44. The molecule has 6 aromatic rings. The van der Waals surface area contributed by atoms with Crippen molar-refractivity contribution in [2.24, 2.45) is 11.3 Å². The van der Waals surface area contributed by atoms with Crippen molar-refractivity contribution in [3.05, 3.63) is 124 Å². The summed E-state index contributed by atoms with van der Waals surface area (Å²) in [6.45, 7) is 10.0. The van der Waals surface area contributed by atoms with Gasteiger partial charge in [-0.2, -0.15) is 13.2 Å². The molecule has 0 bridgehead atoms. The maximum atomic E-state index is 14.9. The summed E-state index contributed by atoms with van der Waals surface area (Å²) in [5.74, 6) is 8.22. The molecule has 10 rings (SSSR count). The lowest BCUT2D eigenvalue weighted by atomic mass is 9.71. The van der Waals surface area contributed by atoms with Gasteiger partial charge in [-0.3, -0.25) is 4.79 Å². The molecule has 1 aliphatic carbocycles. The van der Waals surface area contributed by atoms with Gasteiger partial charge in [0.2, 0.25) is 0 Å². The standard InChI is InChI=1S/C56H64F4N8O3/c1-38-54(39(2)71-63-38)42-14-21-53(69)66(33-42)32-41-7-4-8-44(29-41)67-35-55(36-67)23-27-65(28-24-55)31-40-12-17-46(18-13-40)70-47-19-15-43(16-20-47)61-25-6-9-45-30-48-50(62-51-22-26-64(3)34-49(51)57)10-5-11-52(48)68(45)37-56(58,59)60/h4-5,7-8,10-11,14-16,19-21,29-30,33,40,46,49,51,61-62H,12-13,17-18,22-28,31-32,34-37H2,1-3H3/t40?,46?,49-,51+/m0/s1. The summed E-state index contributed by atoms with van der Waals surface area (Å²) in [7, 11) is 1.88. The van der Waals surface area contributed by atoms with E-state index in [1.54, 1.807) is 34.9 Å². The molecule has 0 unspecified atom stereocenters. The van der Waals surface area contributed by atoms with Crippen LogP contribution in [0.4, 0.5) is 34.6 Å². The number of alkyl halides is 4. The van der Waals surface area contributed by atoms with Gasteiger partial charge in [-0.15, -0.1) is 0 Å². The summed E-state index contributed by atoms with van der Waals surface area (Å²) in [4.78, 5) is 20.0. The Morgan fingerprint density at radius 3 is 2.42 bits per heavy atom. The number of hydrogen-bond donors (Lipinski definition) is 2.